The van der Waals surface area contributed by atoms with Crippen LogP contribution in [-0.4, -0.2) is 32.5 Å². The zero-order valence-corrected chi connectivity index (χ0v) is 20.5. The summed E-state index contributed by atoms with van der Waals surface area (Å²) in [5.74, 6) is -0.902. The van der Waals surface area contributed by atoms with E-state index in [1.54, 1.807) is 48.5 Å². The fraction of sp³-hybridized carbons (Fsp3) is 0.231. The second-order valence-corrected chi connectivity index (χ2v) is 10.1. The normalized spacial score (nSPS) is 12.9. The topological polar surface area (TPSA) is 95.6 Å². The molecule has 3 aromatic rings. The lowest BCUT2D eigenvalue weighted by molar-refractivity contribution is -0.116. The fourth-order valence-electron chi connectivity index (χ4n) is 3.63. The van der Waals surface area contributed by atoms with Gasteiger partial charge < -0.3 is 10.6 Å². The van der Waals surface area contributed by atoms with E-state index >= 15 is 0 Å². The Kier molecular flexibility index (Phi) is 7.73. The molecule has 7 nitrogen and oxygen atoms in total. The number of aryl methyl sites for hydroxylation is 1. The minimum absolute atomic E-state index is 0.237. The van der Waals surface area contributed by atoms with Gasteiger partial charge in [-0.2, -0.15) is 0 Å². The van der Waals surface area contributed by atoms with Crippen molar-refractivity contribution < 1.29 is 18.0 Å². The maximum atomic E-state index is 13.1. The summed E-state index contributed by atoms with van der Waals surface area (Å²) < 4.78 is 26.1. The number of hydrogen-bond donors (Lipinski definition) is 2. The van der Waals surface area contributed by atoms with Gasteiger partial charge in [0.1, 0.15) is 6.04 Å². The van der Waals surface area contributed by atoms with Gasteiger partial charge in [-0.15, -0.1) is 0 Å². The van der Waals surface area contributed by atoms with Gasteiger partial charge in [0, 0.05) is 0 Å². The van der Waals surface area contributed by atoms with Crippen LogP contribution in [0.15, 0.2) is 78.9 Å². The molecule has 3 rings (SSSR count). The molecule has 2 N–H and O–H groups in total. The quantitative estimate of drug-likeness (QED) is 0.504. The van der Waals surface area contributed by atoms with Gasteiger partial charge in [0.25, 0.3) is 5.91 Å². The number of nitrogens with zero attached hydrogens (tertiary/aromatic N) is 1. The fourth-order valence-corrected chi connectivity index (χ4v) is 4.80. The van der Waals surface area contributed by atoms with Gasteiger partial charge in [-0.25, -0.2) is 8.42 Å². The number of anilines is 2. The Hall–Kier alpha value is -3.65. The molecule has 0 heterocycles. The van der Waals surface area contributed by atoms with Crippen LogP contribution in [-0.2, 0) is 14.8 Å². The summed E-state index contributed by atoms with van der Waals surface area (Å²) >= 11 is 0. The molecule has 2 atom stereocenters. The Morgan fingerprint density at radius 1 is 0.853 bits per heavy atom. The Labute approximate surface area is 200 Å². The smallest absolute Gasteiger partial charge is 0.253 e. The molecular weight excluding hydrogens is 450 g/mol. The zero-order chi connectivity index (χ0) is 24.9. The van der Waals surface area contributed by atoms with Crippen LogP contribution < -0.4 is 14.9 Å². The van der Waals surface area contributed by atoms with Crippen molar-refractivity contribution in [2.24, 2.45) is 0 Å². The van der Waals surface area contributed by atoms with Crippen LogP contribution in [0.5, 0.6) is 0 Å². The predicted octanol–water partition coefficient (Wildman–Crippen LogP) is 4.28. The van der Waals surface area contributed by atoms with Crippen LogP contribution in [0.3, 0.4) is 0 Å². The van der Waals surface area contributed by atoms with Crippen molar-refractivity contribution in [1.29, 1.82) is 0 Å². The van der Waals surface area contributed by atoms with Gasteiger partial charge in [0.2, 0.25) is 15.9 Å². The minimum Gasteiger partial charge on any atom is -0.345 e. The molecule has 0 unspecified atom stereocenters. The largest absolute Gasteiger partial charge is 0.345 e. The van der Waals surface area contributed by atoms with E-state index < -0.39 is 22.0 Å². The molecule has 0 aromatic heterocycles. The third-order valence-electron chi connectivity index (χ3n) is 5.45. The number of hydrogen-bond acceptors (Lipinski definition) is 4. The third-order valence-corrected chi connectivity index (χ3v) is 6.70. The van der Waals surface area contributed by atoms with Crippen molar-refractivity contribution >= 4 is 33.2 Å². The van der Waals surface area contributed by atoms with E-state index in [1.165, 1.54) is 6.92 Å². The first-order chi connectivity index (χ1) is 16.1. The number of carbonyl (C=O) groups is 2. The van der Waals surface area contributed by atoms with E-state index in [2.05, 4.69) is 10.6 Å². The van der Waals surface area contributed by atoms with E-state index in [1.807, 2.05) is 44.2 Å². The highest BCUT2D eigenvalue weighted by Gasteiger charge is 2.29. The van der Waals surface area contributed by atoms with E-state index in [0.717, 1.165) is 21.7 Å². The number of rotatable bonds is 8. The molecule has 34 heavy (non-hydrogen) atoms. The number of benzene rings is 3. The van der Waals surface area contributed by atoms with Crippen LogP contribution in [0.2, 0.25) is 0 Å². The second-order valence-electron chi connectivity index (χ2n) is 8.21. The zero-order valence-electron chi connectivity index (χ0n) is 19.6. The van der Waals surface area contributed by atoms with Crippen molar-refractivity contribution in [2.45, 2.75) is 32.9 Å². The number of sulfonamides is 1. The number of para-hydroxylation sites is 1. The van der Waals surface area contributed by atoms with Crippen LogP contribution in [0.25, 0.3) is 0 Å². The van der Waals surface area contributed by atoms with Crippen LogP contribution >= 0.6 is 0 Å². The van der Waals surface area contributed by atoms with Crippen molar-refractivity contribution in [1.82, 2.24) is 5.32 Å². The summed E-state index contributed by atoms with van der Waals surface area (Å²) in [6, 6.07) is 21.8. The third kappa shape index (κ3) is 6.02. The summed E-state index contributed by atoms with van der Waals surface area (Å²) in [5.41, 5.74) is 2.90. The highest BCUT2D eigenvalue weighted by Crippen LogP contribution is 2.23. The average Bonchev–Trinajstić information content (AvgIpc) is 2.80. The summed E-state index contributed by atoms with van der Waals surface area (Å²) in [6.45, 7) is 5.28. The molecule has 0 aliphatic rings. The molecule has 0 bridgehead atoms. The highest BCUT2D eigenvalue weighted by atomic mass is 32.2. The molecule has 0 saturated heterocycles. The highest BCUT2D eigenvalue weighted by molar-refractivity contribution is 7.92. The monoisotopic (exact) mass is 479 g/mol. The van der Waals surface area contributed by atoms with E-state index in [4.69, 9.17) is 0 Å². The lowest BCUT2D eigenvalue weighted by atomic mass is 10.1. The standard InChI is InChI=1S/C26H29N3O4S/c1-18-14-16-22(17-15-18)29(34(4,32)33)20(3)25(30)28-24-13-9-8-12-23(24)26(31)27-19(2)21-10-6-5-7-11-21/h5-17,19-20H,1-4H3,(H,27,31)(H,28,30)/t19-,20+/m1/s1. The van der Waals surface area contributed by atoms with Crippen LogP contribution in [0, 0.1) is 6.92 Å². The first-order valence-corrected chi connectivity index (χ1v) is 12.7. The van der Waals surface area contributed by atoms with Crippen LogP contribution in [0.4, 0.5) is 11.4 Å². The number of carbonyl (C=O) groups excluding carboxylic acids is 2. The van der Waals surface area contributed by atoms with Gasteiger partial charge in [-0.05, 0) is 50.6 Å². The Morgan fingerprint density at radius 3 is 2.06 bits per heavy atom. The lowest BCUT2D eigenvalue weighted by Gasteiger charge is -2.28. The van der Waals surface area contributed by atoms with Crippen LogP contribution in [0.1, 0.15) is 41.4 Å². The molecule has 0 aliphatic heterocycles. The molecule has 8 heteroatoms. The van der Waals surface area contributed by atoms with Crippen molar-refractivity contribution in [3.8, 4) is 0 Å². The molecule has 0 aliphatic carbocycles. The average molecular weight is 480 g/mol. The van der Waals surface area contributed by atoms with Gasteiger partial charge in [0.15, 0.2) is 0 Å². The van der Waals surface area contributed by atoms with Crippen molar-refractivity contribution in [3.05, 3.63) is 95.6 Å². The van der Waals surface area contributed by atoms with E-state index in [-0.39, 0.29) is 17.5 Å². The maximum Gasteiger partial charge on any atom is 0.253 e. The molecule has 0 fully saturated rings. The first kappa shape index (κ1) is 25.0. The summed E-state index contributed by atoms with van der Waals surface area (Å²) in [5, 5.41) is 5.67. The molecular formula is C26H29N3O4S. The van der Waals surface area contributed by atoms with Crippen molar-refractivity contribution in [2.75, 3.05) is 15.9 Å². The van der Waals surface area contributed by atoms with E-state index in [0.29, 0.717) is 11.4 Å². The maximum absolute atomic E-state index is 13.1. The lowest BCUT2D eigenvalue weighted by Crippen LogP contribution is -2.45. The Bertz CT molecular complexity index is 1260. The second kappa shape index (κ2) is 10.5. The Balaban J connectivity index is 1.81. The van der Waals surface area contributed by atoms with Gasteiger partial charge in [0.05, 0.1) is 29.2 Å². The van der Waals surface area contributed by atoms with Crippen molar-refractivity contribution in [3.63, 3.8) is 0 Å². The molecule has 2 amide bonds. The predicted molar refractivity (Wildman–Crippen MR) is 135 cm³/mol. The molecule has 0 radical (unpaired) electrons. The van der Waals surface area contributed by atoms with Gasteiger partial charge >= 0.3 is 0 Å². The first-order valence-electron chi connectivity index (χ1n) is 10.9. The minimum atomic E-state index is -3.75. The van der Waals surface area contributed by atoms with Gasteiger partial charge in [-0.1, -0.05) is 60.2 Å². The molecule has 0 saturated carbocycles. The van der Waals surface area contributed by atoms with Gasteiger partial charge in [-0.3, -0.25) is 13.9 Å². The molecule has 0 spiro atoms. The molecule has 178 valence electrons. The molecule has 3 aromatic carbocycles. The Morgan fingerprint density at radius 2 is 1.44 bits per heavy atom. The summed E-state index contributed by atoms with van der Waals surface area (Å²) in [6.07, 6.45) is 1.06. The summed E-state index contributed by atoms with van der Waals surface area (Å²) in [7, 11) is -3.75. The number of nitrogens with one attached hydrogen (secondary N) is 2. The van der Waals surface area contributed by atoms with E-state index in [9.17, 15) is 18.0 Å². The summed E-state index contributed by atoms with van der Waals surface area (Å²) in [4.78, 5) is 26.1. The number of amides is 2. The SMILES string of the molecule is Cc1ccc(N([C@@H](C)C(=O)Nc2ccccc2C(=O)N[C@H](C)c2ccccc2)S(C)(=O)=O)cc1.